The summed E-state index contributed by atoms with van der Waals surface area (Å²) < 4.78 is 4.93. The van der Waals surface area contributed by atoms with E-state index in [1.807, 2.05) is 19.1 Å². The molecule has 5 rings (SSSR count). The van der Waals surface area contributed by atoms with E-state index in [9.17, 15) is 38.4 Å². The topological polar surface area (TPSA) is 428 Å². The third-order valence-corrected chi connectivity index (χ3v) is 18.7. The van der Waals surface area contributed by atoms with Crippen molar-refractivity contribution < 1.29 is 47.9 Å². The van der Waals surface area contributed by atoms with Gasteiger partial charge in [-0.2, -0.15) is 0 Å². The normalized spacial score (nSPS) is 22.1. The van der Waals surface area contributed by atoms with Crippen LogP contribution in [-0.4, -0.2) is 138 Å². The number of carbonyl (C=O) groups excluding carboxylic acids is 9. The number of benzene rings is 2. The highest BCUT2D eigenvalue weighted by atomic mass is 33.1. The van der Waals surface area contributed by atoms with E-state index in [-0.39, 0.29) is 87.5 Å². The number of guanidine groups is 2. The van der Waals surface area contributed by atoms with E-state index in [0.29, 0.717) is 23.5 Å². The Hall–Kier alpha value is -7.29. The number of nitrogens with two attached hydrogens (primary N) is 6. The van der Waals surface area contributed by atoms with E-state index in [1.54, 1.807) is 56.3 Å². The van der Waals surface area contributed by atoms with Gasteiger partial charge in [-0.1, -0.05) is 104 Å². The van der Waals surface area contributed by atoms with Crippen molar-refractivity contribution in [1.29, 1.82) is 0 Å². The van der Waals surface area contributed by atoms with Crippen LogP contribution in [-0.2, 0) is 56.0 Å². The molecule has 1 aliphatic heterocycles. The largest absolute Gasteiger partial charge is 0.494 e. The number of hydrogen-bond donors (Lipinski definition) is 13. The van der Waals surface area contributed by atoms with Gasteiger partial charge in [0.2, 0.25) is 53.2 Å². The van der Waals surface area contributed by atoms with Gasteiger partial charge in [-0.15, -0.1) is 0 Å². The first-order valence-electron chi connectivity index (χ1n) is 28.9. The molecule has 7 atom stereocenters. The van der Waals surface area contributed by atoms with Gasteiger partial charge in [0.25, 0.3) is 0 Å². The van der Waals surface area contributed by atoms with Crippen LogP contribution in [0, 0.1) is 17.8 Å². The Kier molecular flexibility index (Phi) is 27.2. The number of primary amides is 2. The van der Waals surface area contributed by atoms with Crippen LogP contribution in [0.15, 0.2) is 64.6 Å². The molecule has 0 bridgehead atoms. The number of nitrogens with zero attached hydrogens (tertiary/aromatic N) is 2. The molecule has 0 radical (unpaired) electrons. The van der Waals surface area contributed by atoms with Gasteiger partial charge >= 0.3 is 0 Å². The number of carbonyl (C=O) groups is 9. The predicted octanol–water partition coefficient (Wildman–Crippen LogP) is 0.292. The van der Waals surface area contributed by atoms with Crippen LogP contribution in [0.25, 0.3) is 0 Å². The maximum absolute atomic E-state index is 15.1. The standard InChI is InChI=1S/C57H87N15O10S2/c1-4-82-38-24-22-35(23-25-38)29-41-50(77)69-42(28-34-14-6-5-7-15-34)52(79)72-47(33(2)3)54(81)70-43(30-45(58)73)51(78)71-44(32-83-84-57(31-46(74)66-41,36-16-8-9-17-36)37-18-10-11-19-37)53(80)68-40(21-13-27-65-56(62)63)49(76)67-39(48(59)75)20-12-26-64-55(60)61/h5-7,14-15,22-25,33,36-37,39-44,47H,4,8-13,16-21,26-32H2,1-3H3,(H2,58,73)(H2,59,75)(H,66,74)(H,67,76)(H,68,80)(H,69,77)(H,70,81)(H,71,78)(H,72,79)(H4,60,61,64)(H4,62,63,65)/t39-,40+,41-,42-,43-,44-,47-/m0/s1. The minimum absolute atomic E-state index is 0.0158. The van der Waals surface area contributed by atoms with Crippen molar-refractivity contribution in [3.8, 4) is 5.75 Å². The average Bonchev–Trinajstić information content (AvgIpc) is 2.31. The molecule has 462 valence electrons. The lowest BCUT2D eigenvalue weighted by Gasteiger charge is -2.43. The van der Waals surface area contributed by atoms with Crippen molar-refractivity contribution in [3.63, 3.8) is 0 Å². The van der Waals surface area contributed by atoms with Crippen LogP contribution in [0.3, 0.4) is 0 Å². The SMILES string of the molecule is CCOc1ccc(C[C@@H]2NC(=O)CC(C3CCCC3)(C3CCCC3)SSC[C@@H](C(=O)N[C@H](CCCN=C(N)N)C(=O)N[C@@H](CCCN=C(N)N)C(N)=O)NC(=O)[C@H](CC(N)=O)NC(=O)[C@H](C(C)C)NC(=O)[C@H](Cc3ccccc3)NC2=O)cc1. The summed E-state index contributed by atoms with van der Waals surface area (Å²) in [6, 6.07) is 6.52. The lowest BCUT2D eigenvalue weighted by atomic mass is 9.76. The molecule has 1 heterocycles. The van der Waals surface area contributed by atoms with Crippen molar-refractivity contribution in [3.05, 3.63) is 65.7 Å². The summed E-state index contributed by atoms with van der Waals surface area (Å²) in [5.74, 6) is -7.71. The highest BCUT2D eigenvalue weighted by Crippen LogP contribution is 2.57. The van der Waals surface area contributed by atoms with Crippen LogP contribution in [0.4, 0.5) is 0 Å². The van der Waals surface area contributed by atoms with E-state index in [0.717, 1.165) is 51.4 Å². The second kappa shape index (κ2) is 33.9. The lowest BCUT2D eigenvalue weighted by molar-refractivity contribution is -0.136. The van der Waals surface area contributed by atoms with Gasteiger partial charge in [0.15, 0.2) is 11.9 Å². The molecule has 0 unspecified atom stereocenters. The maximum Gasteiger partial charge on any atom is 0.244 e. The molecule has 2 aliphatic carbocycles. The third kappa shape index (κ3) is 21.4. The molecule has 1 saturated heterocycles. The van der Waals surface area contributed by atoms with Crippen LogP contribution < -0.4 is 76.4 Å². The molecule has 3 fully saturated rings. The van der Waals surface area contributed by atoms with Crippen molar-refractivity contribution in [2.45, 2.75) is 171 Å². The van der Waals surface area contributed by atoms with E-state index in [4.69, 9.17) is 39.1 Å². The second-order valence-corrected chi connectivity index (χ2v) is 24.8. The molecule has 2 aromatic carbocycles. The first-order chi connectivity index (χ1) is 40.1. The number of rotatable bonds is 24. The molecular formula is C57H87N15O10S2. The van der Waals surface area contributed by atoms with Crippen molar-refractivity contribution in [2.75, 3.05) is 25.4 Å². The molecule has 0 aromatic heterocycles. The monoisotopic (exact) mass is 1210 g/mol. The van der Waals surface area contributed by atoms with Crippen molar-refractivity contribution >= 4 is 86.7 Å². The number of aliphatic imine (C=N–C) groups is 2. The van der Waals surface area contributed by atoms with Crippen LogP contribution in [0.5, 0.6) is 5.75 Å². The summed E-state index contributed by atoms with van der Waals surface area (Å²) in [6.45, 7) is 5.78. The van der Waals surface area contributed by atoms with Gasteiger partial charge in [-0.05, 0) is 99.3 Å². The molecule has 19 N–H and O–H groups in total. The Bertz CT molecular complexity index is 2600. The zero-order chi connectivity index (χ0) is 61.3. The smallest absolute Gasteiger partial charge is 0.244 e. The van der Waals surface area contributed by atoms with Crippen molar-refractivity contribution in [2.24, 2.45) is 62.1 Å². The summed E-state index contributed by atoms with van der Waals surface area (Å²) >= 11 is 0. The Labute approximate surface area is 499 Å². The number of nitrogens with one attached hydrogen (secondary N) is 7. The zero-order valence-electron chi connectivity index (χ0n) is 48.4. The minimum Gasteiger partial charge on any atom is -0.494 e. The molecule has 2 saturated carbocycles. The first kappa shape index (κ1) is 67.5. The number of hydrogen-bond acceptors (Lipinski definition) is 14. The van der Waals surface area contributed by atoms with Gasteiger partial charge in [0, 0.05) is 42.9 Å². The molecule has 3 aliphatic rings. The predicted molar refractivity (Wildman–Crippen MR) is 324 cm³/mol. The molecular weight excluding hydrogens is 1120 g/mol. The maximum atomic E-state index is 15.1. The Morgan fingerprint density at radius 1 is 0.655 bits per heavy atom. The van der Waals surface area contributed by atoms with Crippen LogP contribution in [0.1, 0.15) is 122 Å². The molecule has 84 heavy (non-hydrogen) atoms. The summed E-state index contributed by atoms with van der Waals surface area (Å²) in [5.41, 5.74) is 34.9. The Balaban J connectivity index is 1.61. The Morgan fingerprint density at radius 2 is 1.18 bits per heavy atom. The zero-order valence-corrected chi connectivity index (χ0v) is 50.0. The van der Waals surface area contributed by atoms with E-state index in [1.165, 1.54) is 21.6 Å². The Morgan fingerprint density at radius 3 is 1.71 bits per heavy atom. The van der Waals surface area contributed by atoms with E-state index >= 15 is 4.79 Å². The minimum atomic E-state index is -1.69. The molecule has 2 aromatic rings. The van der Waals surface area contributed by atoms with Gasteiger partial charge in [0.1, 0.15) is 48.0 Å². The molecule has 9 amide bonds. The fourth-order valence-corrected chi connectivity index (χ4v) is 14.9. The van der Waals surface area contributed by atoms with Crippen molar-refractivity contribution in [1.82, 2.24) is 37.2 Å². The molecule has 0 spiro atoms. The van der Waals surface area contributed by atoms with Gasteiger partial charge in [0.05, 0.1) is 13.0 Å². The summed E-state index contributed by atoms with van der Waals surface area (Å²) in [7, 11) is 2.71. The number of amides is 9. The van der Waals surface area contributed by atoms with Gasteiger partial charge in [-0.25, -0.2) is 0 Å². The quantitative estimate of drug-likeness (QED) is 0.0291. The highest BCUT2D eigenvalue weighted by molar-refractivity contribution is 8.77. The lowest BCUT2D eigenvalue weighted by Crippen LogP contribution is -2.62. The highest BCUT2D eigenvalue weighted by Gasteiger charge is 2.50. The van der Waals surface area contributed by atoms with Gasteiger partial charge in [-0.3, -0.25) is 53.1 Å². The first-order valence-corrected chi connectivity index (χ1v) is 31.3. The number of ether oxygens (including phenoxy) is 1. The summed E-state index contributed by atoms with van der Waals surface area (Å²) in [6.07, 6.45) is 6.60. The second-order valence-electron chi connectivity index (χ2n) is 22.1. The third-order valence-electron chi connectivity index (χ3n) is 15.3. The summed E-state index contributed by atoms with van der Waals surface area (Å²) in [4.78, 5) is 136. The average molecular weight is 1210 g/mol. The van der Waals surface area contributed by atoms with Crippen LogP contribution >= 0.6 is 21.6 Å². The fourth-order valence-electron chi connectivity index (χ4n) is 11.0. The van der Waals surface area contributed by atoms with E-state index < -0.39 is 113 Å². The summed E-state index contributed by atoms with van der Waals surface area (Å²) in [5, 5.41) is 19.5. The van der Waals surface area contributed by atoms with Gasteiger partial charge < -0.3 is 76.4 Å². The molecule has 25 nitrogen and oxygen atoms in total. The molecule has 27 heteroatoms. The van der Waals surface area contributed by atoms with Crippen LogP contribution in [0.2, 0.25) is 0 Å². The van der Waals surface area contributed by atoms with E-state index in [2.05, 4.69) is 47.2 Å². The fraction of sp³-hybridized carbons (Fsp3) is 0.596.